The minimum atomic E-state index is -0.271. The van der Waals surface area contributed by atoms with Crippen LogP contribution in [0.25, 0.3) is 0 Å². The van der Waals surface area contributed by atoms with E-state index >= 15 is 0 Å². The van der Waals surface area contributed by atoms with Gasteiger partial charge in [-0.2, -0.15) is 0 Å². The molecule has 1 heterocycles. The summed E-state index contributed by atoms with van der Waals surface area (Å²) < 4.78 is 4.95. The highest BCUT2D eigenvalue weighted by Crippen LogP contribution is 2.43. The summed E-state index contributed by atoms with van der Waals surface area (Å²) in [6.45, 7) is 12.8. The van der Waals surface area contributed by atoms with Crippen LogP contribution < -0.4 is 0 Å². The zero-order chi connectivity index (χ0) is 16.7. The Labute approximate surface area is 136 Å². The van der Waals surface area contributed by atoms with Crippen molar-refractivity contribution in [2.45, 2.75) is 57.3 Å². The van der Waals surface area contributed by atoms with Crippen molar-refractivity contribution in [1.82, 2.24) is 0 Å². The number of thioether (sulfide) groups is 1. The summed E-state index contributed by atoms with van der Waals surface area (Å²) in [5.41, 5.74) is 1.44. The summed E-state index contributed by atoms with van der Waals surface area (Å²) in [6, 6.07) is 3.95. The number of rotatable bonds is 2. The van der Waals surface area contributed by atoms with Gasteiger partial charge in [0.05, 0.1) is 4.91 Å². The van der Waals surface area contributed by atoms with Crippen LogP contribution in [0.4, 0.5) is 0 Å². The van der Waals surface area contributed by atoms with Crippen LogP contribution in [0.2, 0.25) is 0 Å². The smallest absolute Gasteiger partial charge is 0.345 e. The van der Waals surface area contributed by atoms with E-state index in [1.165, 1.54) is 11.8 Å². The average molecular weight is 320 g/mol. The van der Waals surface area contributed by atoms with E-state index in [1.807, 2.05) is 12.1 Å². The van der Waals surface area contributed by atoms with Crippen LogP contribution in [0.1, 0.15) is 52.7 Å². The normalized spacial score (nSPS) is 15.7. The molecule has 1 aromatic rings. The lowest BCUT2D eigenvalue weighted by Crippen LogP contribution is -2.17. The van der Waals surface area contributed by atoms with Crippen molar-refractivity contribution in [3.05, 3.63) is 34.2 Å². The second-order valence-corrected chi connectivity index (χ2v) is 8.75. The highest BCUT2D eigenvalue weighted by molar-refractivity contribution is 8.04. The number of hydrogen-bond acceptors (Lipinski definition) is 4. The average Bonchev–Trinajstić information content (AvgIpc) is 2.74. The van der Waals surface area contributed by atoms with Crippen molar-refractivity contribution in [2.24, 2.45) is 0 Å². The number of cyclic esters (lactones) is 1. The molecule has 0 spiro atoms. The molecule has 0 fully saturated rings. The first kappa shape index (κ1) is 16.9. The number of phenols is 1. The number of benzene rings is 1. The maximum Gasteiger partial charge on any atom is 0.345 e. The van der Waals surface area contributed by atoms with Crippen molar-refractivity contribution in [3.63, 3.8) is 0 Å². The van der Waals surface area contributed by atoms with E-state index in [1.54, 1.807) is 6.08 Å². The van der Waals surface area contributed by atoms with Crippen LogP contribution in [-0.2, 0) is 20.4 Å². The zero-order valence-corrected chi connectivity index (χ0v) is 14.9. The van der Waals surface area contributed by atoms with E-state index in [2.05, 4.69) is 41.5 Å². The van der Waals surface area contributed by atoms with Crippen LogP contribution in [-0.4, -0.2) is 17.7 Å². The van der Waals surface area contributed by atoms with Crippen LogP contribution in [0.15, 0.2) is 28.0 Å². The van der Waals surface area contributed by atoms with Crippen molar-refractivity contribution in [1.29, 1.82) is 0 Å². The van der Waals surface area contributed by atoms with Gasteiger partial charge in [0.2, 0.25) is 0 Å². The van der Waals surface area contributed by atoms with Gasteiger partial charge in [-0.05, 0) is 29.0 Å². The summed E-state index contributed by atoms with van der Waals surface area (Å²) in [5.74, 6) is 0.0834. The van der Waals surface area contributed by atoms with Crippen LogP contribution in [0, 0.1) is 0 Å². The van der Waals surface area contributed by atoms with Gasteiger partial charge in [0.15, 0.2) is 0 Å². The predicted molar refractivity (Wildman–Crippen MR) is 90.4 cm³/mol. The molecular formula is C18H24O3S. The monoisotopic (exact) mass is 320 g/mol. The number of aromatic hydroxyl groups is 1. The molecule has 0 unspecified atom stereocenters. The van der Waals surface area contributed by atoms with E-state index in [9.17, 15) is 9.90 Å². The van der Waals surface area contributed by atoms with E-state index in [-0.39, 0.29) is 16.8 Å². The summed E-state index contributed by atoms with van der Waals surface area (Å²) >= 11 is 1.40. The Balaban J connectivity index is 2.53. The topological polar surface area (TPSA) is 46.5 Å². The number of phenolic OH excluding ortho intramolecular Hbond substituents is 1. The van der Waals surface area contributed by atoms with Crippen molar-refractivity contribution < 1.29 is 14.6 Å². The van der Waals surface area contributed by atoms with Gasteiger partial charge in [0.1, 0.15) is 12.4 Å². The molecule has 0 atom stereocenters. The van der Waals surface area contributed by atoms with Gasteiger partial charge in [0.25, 0.3) is 0 Å². The number of ether oxygens (including phenoxy) is 1. The molecular weight excluding hydrogens is 296 g/mol. The largest absolute Gasteiger partial charge is 0.507 e. The Morgan fingerprint density at radius 2 is 1.55 bits per heavy atom. The molecule has 0 amide bonds. The highest BCUT2D eigenvalue weighted by Gasteiger charge is 2.27. The molecule has 0 saturated carbocycles. The fourth-order valence-corrected chi connectivity index (χ4v) is 3.27. The SMILES string of the molecule is CC(C)(C)c1cc(SC2=CCOC2=O)cc(C(C)(C)C)c1O. The molecule has 22 heavy (non-hydrogen) atoms. The molecule has 0 saturated heterocycles. The van der Waals surface area contributed by atoms with E-state index in [0.29, 0.717) is 17.3 Å². The molecule has 0 radical (unpaired) electrons. The Morgan fingerprint density at radius 1 is 1.05 bits per heavy atom. The molecule has 1 aliphatic rings. The minimum absolute atomic E-state index is 0.175. The van der Waals surface area contributed by atoms with Crippen molar-refractivity contribution in [3.8, 4) is 5.75 Å². The van der Waals surface area contributed by atoms with E-state index < -0.39 is 0 Å². The van der Waals surface area contributed by atoms with Gasteiger partial charge in [-0.15, -0.1) is 0 Å². The van der Waals surface area contributed by atoms with Gasteiger partial charge in [-0.3, -0.25) is 0 Å². The minimum Gasteiger partial charge on any atom is -0.507 e. The lowest BCUT2D eigenvalue weighted by Gasteiger charge is -2.28. The first-order valence-corrected chi connectivity index (χ1v) is 8.25. The van der Waals surface area contributed by atoms with Gasteiger partial charge >= 0.3 is 5.97 Å². The molecule has 0 bridgehead atoms. The Kier molecular flexibility index (Phi) is 4.35. The van der Waals surface area contributed by atoms with Crippen LogP contribution >= 0.6 is 11.8 Å². The Morgan fingerprint density at radius 3 is 1.91 bits per heavy atom. The van der Waals surface area contributed by atoms with E-state index in [0.717, 1.165) is 16.0 Å². The molecule has 1 aliphatic heterocycles. The zero-order valence-electron chi connectivity index (χ0n) is 14.1. The molecule has 0 aliphatic carbocycles. The Bertz CT molecular complexity index is 596. The third-order valence-electron chi connectivity index (χ3n) is 3.61. The molecule has 2 rings (SSSR count). The molecule has 1 aromatic carbocycles. The lowest BCUT2D eigenvalue weighted by molar-refractivity contribution is -0.135. The van der Waals surface area contributed by atoms with Gasteiger partial charge in [-0.1, -0.05) is 53.3 Å². The van der Waals surface area contributed by atoms with Crippen LogP contribution in [0.3, 0.4) is 0 Å². The highest BCUT2D eigenvalue weighted by atomic mass is 32.2. The standard InChI is InChI=1S/C18H24O3S/c1-17(2,3)12-9-11(22-14-7-8-21-16(14)20)10-13(15(12)19)18(4,5)6/h7,9-10,19H,8H2,1-6H3. The summed E-state index contributed by atoms with van der Waals surface area (Å²) in [6.07, 6.45) is 1.80. The summed E-state index contributed by atoms with van der Waals surface area (Å²) in [7, 11) is 0. The molecule has 4 heteroatoms. The number of hydrogen-bond donors (Lipinski definition) is 1. The van der Waals surface area contributed by atoms with Crippen LogP contribution in [0.5, 0.6) is 5.75 Å². The van der Waals surface area contributed by atoms with Crippen molar-refractivity contribution >= 4 is 17.7 Å². The maximum atomic E-state index is 11.6. The van der Waals surface area contributed by atoms with E-state index in [4.69, 9.17) is 4.74 Å². The maximum absolute atomic E-state index is 11.6. The summed E-state index contributed by atoms with van der Waals surface area (Å²) in [5, 5.41) is 10.7. The third kappa shape index (κ3) is 3.49. The number of carbonyl (C=O) groups is 1. The fourth-order valence-electron chi connectivity index (χ4n) is 2.37. The van der Waals surface area contributed by atoms with Gasteiger partial charge in [0, 0.05) is 16.0 Å². The van der Waals surface area contributed by atoms with Gasteiger partial charge in [-0.25, -0.2) is 4.79 Å². The predicted octanol–water partition coefficient (Wildman–Crippen LogP) is 4.52. The summed E-state index contributed by atoms with van der Waals surface area (Å²) in [4.78, 5) is 13.2. The second kappa shape index (κ2) is 5.65. The quantitative estimate of drug-likeness (QED) is 0.814. The molecule has 1 N–H and O–H groups in total. The fraction of sp³-hybridized carbons (Fsp3) is 0.500. The lowest BCUT2D eigenvalue weighted by atomic mass is 9.79. The molecule has 0 aromatic heterocycles. The number of carbonyl (C=O) groups excluding carboxylic acids is 1. The van der Waals surface area contributed by atoms with Crippen molar-refractivity contribution in [2.75, 3.05) is 6.61 Å². The number of esters is 1. The molecule has 120 valence electrons. The molecule has 3 nitrogen and oxygen atoms in total. The second-order valence-electron chi connectivity index (χ2n) is 7.64. The first-order chi connectivity index (χ1) is 10.00. The first-order valence-electron chi connectivity index (χ1n) is 7.43. The van der Waals surface area contributed by atoms with Gasteiger partial charge < -0.3 is 9.84 Å². The Hall–Kier alpha value is -1.42. The third-order valence-corrected chi connectivity index (χ3v) is 4.64.